The number of nitrogens with one attached hydrogen (secondary N) is 1. The molecule has 174 valence electrons. The number of carbonyl (C=O) groups excluding carboxylic acids is 1. The lowest BCUT2D eigenvalue weighted by Crippen LogP contribution is -2.44. The number of carbonyl (C=O) groups is 1. The summed E-state index contributed by atoms with van der Waals surface area (Å²) in [5.74, 6) is -0.157. The molecular formula is C29H30FN3O. The van der Waals surface area contributed by atoms with Gasteiger partial charge in [0.15, 0.2) is 0 Å². The van der Waals surface area contributed by atoms with Gasteiger partial charge in [0.2, 0.25) is 5.91 Å². The maximum absolute atomic E-state index is 13.3. The second-order valence-electron chi connectivity index (χ2n) is 9.21. The van der Waals surface area contributed by atoms with E-state index < -0.39 is 0 Å². The SMILES string of the molecule is O=C(Cc1cn(Cc2ccc(F)cc2)c2ccccc12)NC1CCN(Cc2ccccc2)CC1. The summed E-state index contributed by atoms with van der Waals surface area (Å²) in [4.78, 5) is 15.4. The molecule has 4 nitrogen and oxygen atoms in total. The average Bonchev–Trinajstić information content (AvgIpc) is 3.19. The van der Waals surface area contributed by atoms with Crippen molar-refractivity contribution in [2.75, 3.05) is 13.1 Å². The van der Waals surface area contributed by atoms with E-state index in [0.717, 1.165) is 54.5 Å². The molecule has 0 spiro atoms. The van der Waals surface area contributed by atoms with E-state index in [2.05, 4.69) is 57.4 Å². The number of amides is 1. The summed E-state index contributed by atoms with van der Waals surface area (Å²) in [5.41, 5.74) is 4.48. The lowest BCUT2D eigenvalue weighted by molar-refractivity contribution is -0.121. The quantitative estimate of drug-likeness (QED) is 0.418. The summed E-state index contributed by atoms with van der Waals surface area (Å²) >= 11 is 0. The highest BCUT2D eigenvalue weighted by Gasteiger charge is 2.21. The van der Waals surface area contributed by atoms with Crippen LogP contribution < -0.4 is 5.32 Å². The van der Waals surface area contributed by atoms with Crippen molar-refractivity contribution in [3.8, 4) is 0 Å². The highest BCUT2D eigenvalue weighted by atomic mass is 19.1. The predicted molar refractivity (Wildman–Crippen MR) is 134 cm³/mol. The first kappa shape index (κ1) is 22.4. The molecule has 1 aliphatic rings. The maximum atomic E-state index is 13.3. The van der Waals surface area contributed by atoms with E-state index in [1.807, 2.05) is 18.2 Å². The zero-order valence-corrected chi connectivity index (χ0v) is 19.3. The van der Waals surface area contributed by atoms with Gasteiger partial charge in [-0.05, 0) is 47.7 Å². The van der Waals surface area contributed by atoms with Gasteiger partial charge in [0.1, 0.15) is 5.82 Å². The lowest BCUT2D eigenvalue weighted by atomic mass is 10.0. The number of benzene rings is 3. The summed E-state index contributed by atoms with van der Waals surface area (Å²) in [5, 5.41) is 4.36. The van der Waals surface area contributed by atoms with Crippen molar-refractivity contribution >= 4 is 16.8 Å². The van der Waals surface area contributed by atoms with Gasteiger partial charge >= 0.3 is 0 Å². The first-order valence-corrected chi connectivity index (χ1v) is 12.0. The number of aromatic nitrogens is 1. The van der Waals surface area contributed by atoms with Gasteiger partial charge in [0, 0.05) is 49.3 Å². The summed E-state index contributed by atoms with van der Waals surface area (Å²) in [6.07, 6.45) is 4.38. The highest BCUT2D eigenvalue weighted by molar-refractivity contribution is 5.89. The molecule has 34 heavy (non-hydrogen) atoms. The van der Waals surface area contributed by atoms with Crippen LogP contribution in [0.2, 0.25) is 0 Å². The fourth-order valence-corrected chi connectivity index (χ4v) is 4.91. The fraction of sp³-hybridized carbons (Fsp3) is 0.276. The molecule has 5 heteroatoms. The van der Waals surface area contributed by atoms with Gasteiger partial charge in [-0.15, -0.1) is 0 Å². The molecule has 1 aromatic heterocycles. The van der Waals surface area contributed by atoms with Crippen molar-refractivity contribution in [1.29, 1.82) is 0 Å². The van der Waals surface area contributed by atoms with E-state index in [-0.39, 0.29) is 17.8 Å². The van der Waals surface area contributed by atoms with E-state index in [1.165, 1.54) is 17.7 Å². The Labute approximate surface area is 200 Å². The largest absolute Gasteiger partial charge is 0.353 e. The molecule has 0 saturated carbocycles. The molecule has 2 heterocycles. The number of para-hydroxylation sites is 1. The molecule has 3 aromatic carbocycles. The van der Waals surface area contributed by atoms with Crippen molar-refractivity contribution in [2.45, 2.75) is 38.4 Å². The molecule has 0 atom stereocenters. The summed E-state index contributed by atoms with van der Waals surface area (Å²) in [7, 11) is 0. The van der Waals surface area contributed by atoms with Gasteiger partial charge in [-0.2, -0.15) is 0 Å². The van der Waals surface area contributed by atoms with Crippen molar-refractivity contribution < 1.29 is 9.18 Å². The van der Waals surface area contributed by atoms with Gasteiger partial charge in [0.25, 0.3) is 0 Å². The Bertz CT molecular complexity index is 1240. The Morgan fingerprint density at radius 3 is 2.29 bits per heavy atom. The Morgan fingerprint density at radius 1 is 0.853 bits per heavy atom. The van der Waals surface area contributed by atoms with Crippen LogP contribution in [0.4, 0.5) is 4.39 Å². The van der Waals surface area contributed by atoms with Crippen molar-refractivity contribution in [2.24, 2.45) is 0 Å². The molecule has 1 N–H and O–H groups in total. The maximum Gasteiger partial charge on any atom is 0.224 e. The Hall–Kier alpha value is -3.44. The lowest BCUT2D eigenvalue weighted by Gasteiger charge is -2.32. The smallest absolute Gasteiger partial charge is 0.224 e. The zero-order chi connectivity index (χ0) is 23.3. The normalized spacial score (nSPS) is 15.0. The van der Waals surface area contributed by atoms with Gasteiger partial charge in [0.05, 0.1) is 6.42 Å². The fourth-order valence-electron chi connectivity index (χ4n) is 4.91. The first-order chi connectivity index (χ1) is 16.6. The van der Waals surface area contributed by atoms with Crippen molar-refractivity contribution in [1.82, 2.24) is 14.8 Å². The number of halogens is 1. The minimum Gasteiger partial charge on any atom is -0.353 e. The molecular weight excluding hydrogens is 425 g/mol. The molecule has 0 bridgehead atoms. The van der Waals surface area contributed by atoms with E-state index >= 15 is 0 Å². The van der Waals surface area contributed by atoms with E-state index in [9.17, 15) is 9.18 Å². The molecule has 0 radical (unpaired) electrons. The number of fused-ring (bicyclic) bond motifs is 1. The van der Waals surface area contributed by atoms with Gasteiger partial charge < -0.3 is 9.88 Å². The monoisotopic (exact) mass is 455 g/mol. The summed E-state index contributed by atoms with van der Waals surface area (Å²) in [6, 6.07) is 25.5. The highest BCUT2D eigenvalue weighted by Crippen LogP contribution is 2.23. The Morgan fingerprint density at radius 2 is 1.53 bits per heavy atom. The second kappa shape index (κ2) is 10.2. The number of nitrogens with zero attached hydrogens (tertiary/aromatic N) is 2. The van der Waals surface area contributed by atoms with Gasteiger partial charge in [-0.3, -0.25) is 9.69 Å². The third kappa shape index (κ3) is 5.37. The number of hydrogen-bond donors (Lipinski definition) is 1. The summed E-state index contributed by atoms with van der Waals surface area (Å²) in [6.45, 7) is 3.60. The van der Waals surface area contributed by atoms with Crippen LogP contribution in [0.1, 0.15) is 29.5 Å². The van der Waals surface area contributed by atoms with Crippen LogP contribution in [0.5, 0.6) is 0 Å². The third-order valence-electron chi connectivity index (χ3n) is 6.69. The predicted octanol–water partition coefficient (Wildman–Crippen LogP) is 5.15. The molecule has 0 unspecified atom stereocenters. The average molecular weight is 456 g/mol. The molecule has 1 amide bonds. The van der Waals surface area contributed by atoms with E-state index in [0.29, 0.717) is 13.0 Å². The number of rotatable bonds is 7. The van der Waals surface area contributed by atoms with Crippen LogP contribution in [0.3, 0.4) is 0 Å². The summed E-state index contributed by atoms with van der Waals surface area (Å²) < 4.78 is 15.4. The van der Waals surface area contributed by atoms with E-state index in [1.54, 1.807) is 12.1 Å². The topological polar surface area (TPSA) is 37.3 Å². The van der Waals surface area contributed by atoms with Gasteiger partial charge in [-0.1, -0.05) is 60.7 Å². The Balaban J connectivity index is 1.20. The third-order valence-corrected chi connectivity index (χ3v) is 6.69. The molecule has 0 aliphatic carbocycles. The molecule has 5 rings (SSSR count). The second-order valence-corrected chi connectivity index (χ2v) is 9.21. The number of likely N-dealkylation sites (tertiary alicyclic amines) is 1. The first-order valence-electron chi connectivity index (χ1n) is 12.0. The molecule has 1 fully saturated rings. The minimum absolute atomic E-state index is 0.0752. The van der Waals surface area contributed by atoms with Crippen LogP contribution in [0.25, 0.3) is 10.9 Å². The van der Waals surface area contributed by atoms with Gasteiger partial charge in [-0.25, -0.2) is 4.39 Å². The molecule has 4 aromatic rings. The minimum atomic E-state index is -0.232. The van der Waals surface area contributed by atoms with Crippen LogP contribution in [-0.4, -0.2) is 34.5 Å². The van der Waals surface area contributed by atoms with E-state index in [4.69, 9.17) is 0 Å². The number of piperidine rings is 1. The van der Waals surface area contributed by atoms with Crippen LogP contribution in [0, 0.1) is 5.82 Å². The van der Waals surface area contributed by atoms with Crippen LogP contribution in [-0.2, 0) is 24.3 Å². The molecule has 1 saturated heterocycles. The Kier molecular flexibility index (Phi) is 6.72. The van der Waals surface area contributed by atoms with Crippen LogP contribution in [0.15, 0.2) is 85.1 Å². The van der Waals surface area contributed by atoms with Crippen molar-refractivity contribution in [3.05, 3.63) is 108 Å². The zero-order valence-electron chi connectivity index (χ0n) is 19.3. The standard InChI is InChI=1S/C29H30FN3O/c30-25-12-10-23(11-13-25)20-33-21-24(27-8-4-5-9-28(27)33)18-29(34)31-26-14-16-32(17-15-26)19-22-6-2-1-3-7-22/h1-13,21,26H,14-20H2,(H,31,34). The number of hydrogen-bond acceptors (Lipinski definition) is 2. The van der Waals surface area contributed by atoms with Crippen molar-refractivity contribution in [3.63, 3.8) is 0 Å². The molecule has 1 aliphatic heterocycles. The van der Waals surface area contributed by atoms with Crippen LogP contribution >= 0.6 is 0 Å².